The molecule has 0 fully saturated rings. The first kappa shape index (κ1) is 12.2. The molecule has 0 amide bonds. The van der Waals surface area contributed by atoms with Crippen LogP contribution in [0.5, 0.6) is 0 Å². The van der Waals surface area contributed by atoms with Crippen LogP contribution in [0.4, 0.5) is 5.69 Å². The van der Waals surface area contributed by atoms with Gasteiger partial charge in [0.1, 0.15) is 0 Å². The SMILES string of the molecule is CCCCc1cc(C(=O)O)ccc1[N+](=O)[O-]. The number of carboxylic acid groups (broad SMARTS) is 1. The van der Waals surface area contributed by atoms with E-state index in [4.69, 9.17) is 5.11 Å². The van der Waals surface area contributed by atoms with E-state index in [0.717, 1.165) is 12.8 Å². The Bertz CT molecular complexity index is 414. The third-order valence-electron chi connectivity index (χ3n) is 2.32. The number of benzene rings is 1. The maximum Gasteiger partial charge on any atom is 0.335 e. The van der Waals surface area contributed by atoms with Crippen molar-refractivity contribution in [2.45, 2.75) is 26.2 Å². The second-order valence-corrected chi connectivity index (χ2v) is 3.51. The number of rotatable bonds is 5. The highest BCUT2D eigenvalue weighted by atomic mass is 16.6. The third-order valence-corrected chi connectivity index (χ3v) is 2.32. The van der Waals surface area contributed by atoms with Gasteiger partial charge in [-0.15, -0.1) is 0 Å². The zero-order valence-electron chi connectivity index (χ0n) is 8.97. The summed E-state index contributed by atoms with van der Waals surface area (Å²) in [4.78, 5) is 21.0. The fraction of sp³-hybridized carbons (Fsp3) is 0.364. The van der Waals surface area contributed by atoms with Gasteiger partial charge in [0.05, 0.1) is 10.5 Å². The molecule has 0 unspecified atom stereocenters. The van der Waals surface area contributed by atoms with Gasteiger partial charge in [-0.3, -0.25) is 10.1 Å². The first-order valence-corrected chi connectivity index (χ1v) is 5.07. The molecule has 0 bridgehead atoms. The molecule has 1 N–H and O–H groups in total. The summed E-state index contributed by atoms with van der Waals surface area (Å²) >= 11 is 0. The van der Waals surface area contributed by atoms with Crippen LogP contribution in [0.15, 0.2) is 18.2 Å². The summed E-state index contributed by atoms with van der Waals surface area (Å²) in [6.45, 7) is 1.98. The maximum absolute atomic E-state index is 10.7. The van der Waals surface area contributed by atoms with Crippen molar-refractivity contribution < 1.29 is 14.8 Å². The number of unbranched alkanes of at least 4 members (excludes halogenated alkanes) is 1. The first-order valence-electron chi connectivity index (χ1n) is 5.07. The Morgan fingerprint density at radius 2 is 2.19 bits per heavy atom. The lowest BCUT2D eigenvalue weighted by molar-refractivity contribution is -0.385. The maximum atomic E-state index is 10.7. The lowest BCUT2D eigenvalue weighted by Gasteiger charge is -2.03. The van der Waals surface area contributed by atoms with Crippen molar-refractivity contribution in [3.8, 4) is 0 Å². The van der Waals surface area contributed by atoms with Crippen molar-refractivity contribution >= 4 is 11.7 Å². The molecule has 1 aromatic rings. The predicted octanol–water partition coefficient (Wildman–Crippen LogP) is 2.64. The van der Waals surface area contributed by atoms with E-state index in [1.54, 1.807) is 0 Å². The van der Waals surface area contributed by atoms with E-state index in [0.29, 0.717) is 12.0 Å². The molecule has 0 aliphatic carbocycles. The molecule has 0 atom stereocenters. The largest absolute Gasteiger partial charge is 0.478 e. The van der Waals surface area contributed by atoms with Gasteiger partial charge in [0.25, 0.3) is 5.69 Å². The molecule has 0 spiro atoms. The van der Waals surface area contributed by atoms with E-state index in [9.17, 15) is 14.9 Å². The highest BCUT2D eigenvalue weighted by molar-refractivity contribution is 5.88. The average Bonchev–Trinajstić information content (AvgIpc) is 2.25. The highest BCUT2D eigenvalue weighted by Crippen LogP contribution is 2.22. The molecule has 0 saturated heterocycles. The molecule has 1 aromatic carbocycles. The van der Waals surface area contributed by atoms with Gasteiger partial charge in [0.15, 0.2) is 0 Å². The minimum Gasteiger partial charge on any atom is -0.478 e. The fourth-order valence-electron chi connectivity index (χ4n) is 1.46. The Balaban J connectivity index is 3.10. The second-order valence-electron chi connectivity index (χ2n) is 3.51. The van der Waals surface area contributed by atoms with Gasteiger partial charge in [0, 0.05) is 11.6 Å². The molecule has 0 aliphatic rings. The lowest BCUT2D eigenvalue weighted by Crippen LogP contribution is -2.01. The minimum atomic E-state index is -1.06. The number of hydrogen-bond acceptors (Lipinski definition) is 3. The van der Waals surface area contributed by atoms with Gasteiger partial charge in [-0.1, -0.05) is 13.3 Å². The number of nitro groups is 1. The van der Waals surface area contributed by atoms with Crippen molar-refractivity contribution in [3.63, 3.8) is 0 Å². The van der Waals surface area contributed by atoms with Gasteiger partial charge in [-0.25, -0.2) is 4.79 Å². The molecule has 0 saturated carbocycles. The molecule has 0 radical (unpaired) electrons. The van der Waals surface area contributed by atoms with Crippen LogP contribution in [0.25, 0.3) is 0 Å². The molecule has 5 nitrogen and oxygen atoms in total. The van der Waals surface area contributed by atoms with Crippen LogP contribution in [0.2, 0.25) is 0 Å². The monoisotopic (exact) mass is 223 g/mol. The molecule has 0 aromatic heterocycles. The van der Waals surface area contributed by atoms with Crippen molar-refractivity contribution in [1.82, 2.24) is 0 Å². The van der Waals surface area contributed by atoms with Gasteiger partial charge >= 0.3 is 5.97 Å². The Kier molecular flexibility index (Phi) is 3.99. The van der Waals surface area contributed by atoms with Crippen LogP contribution < -0.4 is 0 Å². The Morgan fingerprint density at radius 1 is 1.50 bits per heavy atom. The smallest absolute Gasteiger partial charge is 0.335 e. The zero-order valence-corrected chi connectivity index (χ0v) is 8.97. The molecular formula is C11H13NO4. The number of nitro benzene ring substituents is 1. The number of carbonyl (C=O) groups is 1. The normalized spacial score (nSPS) is 10.1. The zero-order chi connectivity index (χ0) is 12.1. The van der Waals surface area contributed by atoms with Gasteiger partial charge in [-0.2, -0.15) is 0 Å². The standard InChI is InChI=1S/C11H13NO4/c1-2-3-4-8-7-9(11(13)14)5-6-10(8)12(15)16/h5-7H,2-4H2,1H3,(H,13,14). The average molecular weight is 223 g/mol. The van der Waals surface area contributed by atoms with Crippen LogP contribution in [-0.2, 0) is 6.42 Å². The Labute approximate surface area is 92.9 Å². The van der Waals surface area contributed by atoms with E-state index in [1.165, 1.54) is 18.2 Å². The van der Waals surface area contributed by atoms with Crippen molar-refractivity contribution in [3.05, 3.63) is 39.4 Å². The molecular weight excluding hydrogens is 210 g/mol. The summed E-state index contributed by atoms with van der Waals surface area (Å²) in [6.07, 6.45) is 2.26. The summed E-state index contributed by atoms with van der Waals surface area (Å²) in [6, 6.07) is 3.90. The first-order chi connectivity index (χ1) is 7.56. The van der Waals surface area contributed by atoms with Gasteiger partial charge in [0.2, 0.25) is 0 Å². The van der Waals surface area contributed by atoms with Crippen molar-refractivity contribution in [2.75, 3.05) is 0 Å². The number of carboxylic acids is 1. The lowest BCUT2D eigenvalue weighted by atomic mass is 10.0. The van der Waals surface area contributed by atoms with Crippen LogP contribution >= 0.6 is 0 Å². The van der Waals surface area contributed by atoms with E-state index < -0.39 is 10.9 Å². The molecule has 1 rings (SSSR count). The van der Waals surface area contributed by atoms with Gasteiger partial charge in [-0.05, 0) is 25.0 Å². The van der Waals surface area contributed by atoms with Crippen LogP contribution in [0, 0.1) is 10.1 Å². The molecule has 16 heavy (non-hydrogen) atoms. The second kappa shape index (κ2) is 5.25. The molecule has 86 valence electrons. The number of hydrogen-bond donors (Lipinski definition) is 1. The quantitative estimate of drug-likeness (QED) is 0.614. The van der Waals surface area contributed by atoms with E-state index in [2.05, 4.69) is 0 Å². The summed E-state index contributed by atoms with van der Waals surface area (Å²) in [5, 5.41) is 19.5. The Morgan fingerprint density at radius 3 is 2.69 bits per heavy atom. The van der Waals surface area contributed by atoms with E-state index in [-0.39, 0.29) is 11.3 Å². The summed E-state index contributed by atoms with van der Waals surface area (Å²) in [7, 11) is 0. The predicted molar refractivity (Wildman–Crippen MR) is 58.7 cm³/mol. The summed E-state index contributed by atoms with van der Waals surface area (Å²) < 4.78 is 0. The van der Waals surface area contributed by atoms with Crippen LogP contribution in [0.3, 0.4) is 0 Å². The fourth-order valence-corrected chi connectivity index (χ4v) is 1.46. The van der Waals surface area contributed by atoms with E-state index >= 15 is 0 Å². The molecule has 0 heterocycles. The highest BCUT2D eigenvalue weighted by Gasteiger charge is 2.15. The summed E-state index contributed by atoms with van der Waals surface area (Å²) in [5.41, 5.74) is 0.585. The third kappa shape index (κ3) is 2.79. The minimum absolute atomic E-state index is 0.00144. The Hall–Kier alpha value is -1.91. The van der Waals surface area contributed by atoms with Crippen molar-refractivity contribution in [1.29, 1.82) is 0 Å². The number of nitrogens with zero attached hydrogens (tertiary/aromatic N) is 1. The summed E-state index contributed by atoms with van der Waals surface area (Å²) in [5.74, 6) is -1.06. The topological polar surface area (TPSA) is 80.4 Å². The van der Waals surface area contributed by atoms with E-state index in [1.807, 2.05) is 6.92 Å². The number of aryl methyl sites for hydroxylation is 1. The van der Waals surface area contributed by atoms with Gasteiger partial charge < -0.3 is 5.11 Å². The molecule has 0 aliphatic heterocycles. The van der Waals surface area contributed by atoms with Crippen LogP contribution in [0.1, 0.15) is 35.7 Å². The number of aromatic carboxylic acids is 1. The van der Waals surface area contributed by atoms with Crippen molar-refractivity contribution in [2.24, 2.45) is 0 Å². The van der Waals surface area contributed by atoms with Crippen LogP contribution in [-0.4, -0.2) is 16.0 Å². The molecule has 5 heteroatoms.